The van der Waals surface area contributed by atoms with Crippen molar-refractivity contribution in [3.63, 3.8) is 0 Å². The summed E-state index contributed by atoms with van der Waals surface area (Å²) in [6.07, 6.45) is 0. The van der Waals surface area contributed by atoms with Gasteiger partial charge in [-0.3, -0.25) is 39.4 Å². The van der Waals surface area contributed by atoms with Crippen molar-refractivity contribution in [1.82, 2.24) is 26.1 Å². The lowest BCUT2D eigenvalue weighted by Gasteiger charge is -2.20. The predicted molar refractivity (Wildman–Crippen MR) is 102 cm³/mol. The molecule has 0 radical (unpaired) electrons. The Balaban J connectivity index is 0.00000341. The number of benzene rings is 1. The highest BCUT2D eigenvalue weighted by Crippen LogP contribution is 2.31. The van der Waals surface area contributed by atoms with Crippen molar-refractivity contribution in [3.8, 4) is 11.8 Å². The summed E-state index contributed by atoms with van der Waals surface area (Å²) in [5, 5.41) is 33.3. The van der Waals surface area contributed by atoms with E-state index < -0.39 is 67.7 Å². The minimum atomic E-state index is -2.11. The van der Waals surface area contributed by atoms with E-state index in [9.17, 15) is 44.3 Å². The Kier molecular flexibility index (Phi) is 6.02. The zero-order chi connectivity index (χ0) is 22.2. The number of ketones is 1. The molecule has 0 fully saturated rings. The van der Waals surface area contributed by atoms with Gasteiger partial charge in [-0.25, -0.2) is 9.59 Å². The molecular formula is C16H14N6O9. The van der Waals surface area contributed by atoms with Gasteiger partial charge in [0.05, 0.1) is 16.4 Å². The largest absolute Gasteiger partial charge is 0.860 e. The van der Waals surface area contributed by atoms with Crippen molar-refractivity contribution in [2.45, 2.75) is 5.92 Å². The molecule has 31 heavy (non-hydrogen) atoms. The fourth-order valence-electron chi connectivity index (χ4n) is 2.84. The second-order valence-corrected chi connectivity index (χ2v) is 5.93. The molecule has 0 bridgehead atoms. The van der Waals surface area contributed by atoms with Gasteiger partial charge in [-0.2, -0.15) is 0 Å². The summed E-state index contributed by atoms with van der Waals surface area (Å²) in [6, 6.07) is 4.16. The average Bonchev–Trinajstić information content (AvgIpc) is 2.64. The summed E-state index contributed by atoms with van der Waals surface area (Å²) < 4.78 is 0. The molecule has 9 N–H and O–H groups in total. The van der Waals surface area contributed by atoms with E-state index in [0.717, 1.165) is 24.3 Å². The topological polar surface area (TPSA) is 271 Å². The molecule has 3 aromatic rings. The molecule has 2 heterocycles. The van der Waals surface area contributed by atoms with Crippen LogP contribution in [0.4, 0.5) is 5.69 Å². The van der Waals surface area contributed by atoms with Crippen molar-refractivity contribution in [2.24, 2.45) is 0 Å². The monoisotopic (exact) mass is 434 g/mol. The standard InChI is InChI=1S/C16H11N5O9.H3N/c22-10(5-2-1-3-6(4-5)21(29)30)7(8-11(23)17-15(27)18-12(8)24)9-13(25)19-16(28)20-14(9)26;/h1-4,7H,(H3,17,18,23,24,27)(H3,19,20,25,26,28);1H3. The number of aromatic nitrogens is 4. The van der Waals surface area contributed by atoms with Crippen LogP contribution in [0.5, 0.6) is 11.8 Å². The van der Waals surface area contributed by atoms with Gasteiger partial charge < -0.3 is 21.3 Å². The van der Waals surface area contributed by atoms with Gasteiger partial charge in [0.25, 0.3) is 16.8 Å². The maximum absolute atomic E-state index is 13.1. The van der Waals surface area contributed by atoms with Crippen molar-refractivity contribution < 1.29 is 19.9 Å². The Hall–Kier alpha value is -4.79. The number of non-ortho nitro benzene ring substituents is 1. The Labute approximate surface area is 168 Å². The highest BCUT2D eigenvalue weighted by atomic mass is 16.6. The van der Waals surface area contributed by atoms with Gasteiger partial charge >= 0.3 is 11.4 Å². The van der Waals surface area contributed by atoms with Gasteiger partial charge in [-0.15, -0.1) is 0 Å². The minimum Gasteiger partial charge on any atom is -0.860 e. The molecule has 1 aromatic carbocycles. The lowest BCUT2D eigenvalue weighted by molar-refractivity contribution is -0.384. The number of aromatic hydroxyl groups is 1. The third kappa shape index (κ3) is 4.15. The van der Waals surface area contributed by atoms with Crippen molar-refractivity contribution in [3.05, 3.63) is 92.7 Å². The fraction of sp³-hybridized carbons (Fsp3) is 0.0625. The smallest absolute Gasteiger partial charge is 0.328 e. The Bertz CT molecular complexity index is 1340. The first-order chi connectivity index (χ1) is 14.1. The number of H-pyrrole nitrogens is 4. The molecule has 2 aromatic heterocycles. The van der Waals surface area contributed by atoms with Crippen LogP contribution in [0.3, 0.4) is 0 Å². The van der Waals surface area contributed by atoms with Gasteiger partial charge in [0, 0.05) is 23.3 Å². The van der Waals surface area contributed by atoms with Gasteiger partial charge in [0.15, 0.2) is 5.78 Å². The van der Waals surface area contributed by atoms with Crippen LogP contribution in [0.15, 0.2) is 43.4 Å². The second kappa shape index (κ2) is 8.29. The average molecular weight is 434 g/mol. The SMILES string of the molecule is O=C(c1cccc([N+](=O)[O-])c1)C(c1c([O-])[nH]c(=O)[nH]c1=O)c1c(O)[nH]c(=O)[nH]c1=O.[NH4+]. The van der Waals surface area contributed by atoms with E-state index >= 15 is 0 Å². The molecule has 0 saturated heterocycles. The lowest BCUT2D eigenvalue weighted by Crippen LogP contribution is -2.35. The van der Waals surface area contributed by atoms with E-state index in [1.165, 1.54) is 0 Å². The van der Waals surface area contributed by atoms with Crippen LogP contribution in [0, 0.1) is 10.1 Å². The number of nitrogens with zero attached hydrogens (tertiary/aromatic N) is 1. The third-order valence-corrected chi connectivity index (χ3v) is 4.08. The van der Waals surface area contributed by atoms with Gasteiger partial charge in [0.1, 0.15) is 0 Å². The number of carbonyl (C=O) groups excluding carboxylic acids is 1. The maximum atomic E-state index is 13.1. The summed E-state index contributed by atoms with van der Waals surface area (Å²) >= 11 is 0. The van der Waals surface area contributed by atoms with Crippen LogP contribution in [0.25, 0.3) is 0 Å². The number of hydrogen-bond donors (Lipinski definition) is 6. The van der Waals surface area contributed by atoms with E-state index in [0.29, 0.717) is 0 Å². The Morgan fingerprint density at radius 1 is 0.968 bits per heavy atom. The van der Waals surface area contributed by atoms with E-state index in [1.54, 1.807) is 15.0 Å². The number of hydrogen-bond acceptors (Lipinski definition) is 9. The molecule has 15 nitrogen and oxygen atoms in total. The molecule has 1 unspecified atom stereocenters. The number of rotatable bonds is 5. The second-order valence-electron chi connectivity index (χ2n) is 5.93. The molecule has 3 rings (SSSR count). The molecule has 0 spiro atoms. The van der Waals surface area contributed by atoms with Gasteiger partial charge in [-0.05, 0) is 5.88 Å². The summed E-state index contributed by atoms with van der Waals surface area (Å²) in [5.41, 5.74) is -7.67. The third-order valence-electron chi connectivity index (χ3n) is 4.08. The number of aromatic amines is 4. The summed E-state index contributed by atoms with van der Waals surface area (Å²) in [4.78, 5) is 77.6. The first kappa shape index (κ1) is 22.5. The van der Waals surface area contributed by atoms with Crippen molar-refractivity contribution >= 4 is 11.5 Å². The maximum Gasteiger partial charge on any atom is 0.328 e. The molecule has 0 saturated carbocycles. The van der Waals surface area contributed by atoms with Crippen molar-refractivity contribution in [2.75, 3.05) is 0 Å². The Morgan fingerprint density at radius 3 is 2.10 bits per heavy atom. The van der Waals surface area contributed by atoms with E-state index in [-0.39, 0.29) is 11.7 Å². The molecule has 0 aliphatic heterocycles. The number of nitrogens with one attached hydrogen (secondary N) is 4. The summed E-state index contributed by atoms with van der Waals surface area (Å²) in [5.74, 6) is -5.73. The van der Waals surface area contributed by atoms with Gasteiger partial charge in [-0.1, -0.05) is 12.1 Å². The lowest BCUT2D eigenvalue weighted by atomic mass is 9.86. The molecule has 0 aliphatic carbocycles. The quantitative estimate of drug-likeness (QED) is 0.155. The van der Waals surface area contributed by atoms with Crippen LogP contribution >= 0.6 is 0 Å². The van der Waals surface area contributed by atoms with Crippen LogP contribution in [-0.4, -0.2) is 35.7 Å². The molecule has 162 valence electrons. The number of nitro groups is 1. The zero-order valence-corrected chi connectivity index (χ0v) is 15.5. The molecule has 15 heteroatoms. The molecular weight excluding hydrogens is 420 g/mol. The molecule has 1 atom stereocenters. The van der Waals surface area contributed by atoms with E-state index in [1.807, 2.05) is 4.98 Å². The number of Topliss-reactive ketones (excluding diaryl/α,β-unsaturated/α-hetero) is 1. The summed E-state index contributed by atoms with van der Waals surface area (Å²) in [6.45, 7) is 0. The van der Waals surface area contributed by atoms with Crippen LogP contribution in [0.1, 0.15) is 27.4 Å². The highest BCUT2D eigenvalue weighted by Gasteiger charge is 2.33. The van der Waals surface area contributed by atoms with E-state index in [2.05, 4.69) is 0 Å². The van der Waals surface area contributed by atoms with Gasteiger partial charge in [0.2, 0.25) is 5.88 Å². The predicted octanol–water partition coefficient (Wildman–Crippen LogP) is -1.48. The first-order valence-corrected chi connectivity index (χ1v) is 7.97. The normalized spacial score (nSPS) is 11.4. The first-order valence-electron chi connectivity index (χ1n) is 7.97. The summed E-state index contributed by atoms with van der Waals surface area (Å²) in [7, 11) is 0. The number of quaternary nitrogens is 1. The van der Waals surface area contributed by atoms with Crippen molar-refractivity contribution in [1.29, 1.82) is 0 Å². The number of nitro benzene ring substituents is 1. The zero-order valence-electron chi connectivity index (χ0n) is 15.5. The molecule has 0 amide bonds. The van der Waals surface area contributed by atoms with E-state index in [4.69, 9.17) is 0 Å². The molecule has 0 aliphatic rings. The highest BCUT2D eigenvalue weighted by molar-refractivity contribution is 6.03. The van der Waals surface area contributed by atoms with Crippen LogP contribution < -0.4 is 33.8 Å². The number of carbonyl (C=O) groups is 1. The van der Waals surface area contributed by atoms with Crippen LogP contribution in [-0.2, 0) is 0 Å². The fourth-order valence-corrected chi connectivity index (χ4v) is 2.84. The van der Waals surface area contributed by atoms with Crippen LogP contribution in [0.2, 0.25) is 0 Å². The Morgan fingerprint density at radius 2 is 1.55 bits per heavy atom. The minimum absolute atomic E-state index is 0.